The summed E-state index contributed by atoms with van der Waals surface area (Å²) in [6.07, 6.45) is 2.27. The van der Waals surface area contributed by atoms with E-state index < -0.39 is 0 Å². The highest BCUT2D eigenvalue weighted by Gasteiger charge is 2.12. The fraction of sp³-hybridized carbons (Fsp3) is 0.286. The van der Waals surface area contributed by atoms with Crippen molar-refractivity contribution in [3.63, 3.8) is 0 Å². The van der Waals surface area contributed by atoms with Crippen molar-refractivity contribution in [2.24, 2.45) is 0 Å². The van der Waals surface area contributed by atoms with Crippen molar-refractivity contribution in [2.75, 3.05) is 0 Å². The molecule has 23 heavy (non-hydrogen) atoms. The van der Waals surface area contributed by atoms with E-state index in [1.54, 1.807) is 0 Å². The third-order valence-electron chi connectivity index (χ3n) is 3.55. The molecule has 0 aliphatic heterocycles. The van der Waals surface area contributed by atoms with Gasteiger partial charge in [-0.05, 0) is 51.0 Å². The molecule has 0 saturated carbocycles. The van der Waals surface area contributed by atoms with Crippen LogP contribution in [0.15, 0.2) is 48.5 Å². The number of fused-ring (bicyclic) bond motifs is 1. The summed E-state index contributed by atoms with van der Waals surface area (Å²) < 4.78 is 11.9. The molecule has 1 aliphatic rings. The van der Waals surface area contributed by atoms with Crippen molar-refractivity contribution in [3.05, 3.63) is 64.5 Å². The second kappa shape index (κ2) is 6.36. The summed E-state index contributed by atoms with van der Waals surface area (Å²) in [5.41, 5.74) is 5.69. The number of allylic oxidation sites excluding steroid dienone is 1. The molecule has 2 aromatic rings. The van der Waals surface area contributed by atoms with E-state index in [9.17, 15) is 0 Å². The molecule has 0 saturated heterocycles. The van der Waals surface area contributed by atoms with Gasteiger partial charge in [-0.25, -0.2) is 0 Å². The topological polar surface area (TPSA) is 18.5 Å². The number of benzene rings is 2. The van der Waals surface area contributed by atoms with Crippen LogP contribution in [0.5, 0.6) is 11.5 Å². The molecule has 2 heteroatoms. The van der Waals surface area contributed by atoms with Crippen LogP contribution in [0.25, 0.3) is 11.3 Å². The predicted octanol–water partition coefficient (Wildman–Crippen LogP) is 3.41. The van der Waals surface area contributed by atoms with Crippen molar-refractivity contribution in [2.45, 2.75) is 39.9 Å². The third kappa shape index (κ3) is 3.33. The van der Waals surface area contributed by atoms with Crippen LogP contribution >= 0.6 is 0 Å². The molecule has 2 aromatic carbocycles. The zero-order chi connectivity index (χ0) is 16.4. The van der Waals surface area contributed by atoms with Gasteiger partial charge in [0.15, 0.2) is 0 Å². The zero-order valence-corrected chi connectivity index (χ0v) is 14.1. The zero-order valence-electron chi connectivity index (χ0n) is 14.1. The van der Waals surface area contributed by atoms with Crippen LogP contribution in [0.2, 0.25) is 0 Å². The van der Waals surface area contributed by atoms with Crippen molar-refractivity contribution < 1.29 is 9.47 Å². The van der Waals surface area contributed by atoms with Crippen LogP contribution in [0.1, 0.15) is 33.3 Å². The van der Waals surface area contributed by atoms with Gasteiger partial charge in [0.2, 0.25) is 0 Å². The first-order chi connectivity index (χ1) is 11.0. The van der Waals surface area contributed by atoms with E-state index >= 15 is 0 Å². The Morgan fingerprint density at radius 3 is 2.22 bits per heavy atom. The maximum Gasteiger partial charge on any atom is 0.138 e. The van der Waals surface area contributed by atoms with Crippen LogP contribution in [-0.2, 0) is 0 Å². The molecule has 0 amide bonds. The fourth-order valence-electron chi connectivity index (χ4n) is 2.72. The highest BCUT2D eigenvalue weighted by atomic mass is 16.5. The lowest BCUT2D eigenvalue weighted by atomic mass is 10.0. The molecule has 0 spiro atoms. The molecule has 1 aliphatic carbocycles. The second-order valence-electron chi connectivity index (χ2n) is 6.25. The Bertz CT molecular complexity index is 855. The van der Waals surface area contributed by atoms with E-state index in [1.165, 1.54) is 5.56 Å². The summed E-state index contributed by atoms with van der Waals surface area (Å²) in [4.78, 5) is 0. The summed E-state index contributed by atoms with van der Waals surface area (Å²) in [6.45, 7) is 8.12. The number of rotatable bonds is 5. The van der Waals surface area contributed by atoms with Crippen LogP contribution in [-0.4, -0.2) is 12.2 Å². The van der Waals surface area contributed by atoms with Gasteiger partial charge in [-0.2, -0.15) is 0 Å². The van der Waals surface area contributed by atoms with Gasteiger partial charge < -0.3 is 9.47 Å². The van der Waals surface area contributed by atoms with Gasteiger partial charge in [-0.3, -0.25) is 0 Å². The lowest BCUT2D eigenvalue weighted by Crippen LogP contribution is -2.28. The molecule has 0 radical (unpaired) electrons. The number of hydrogen-bond acceptors (Lipinski definition) is 2. The standard InChI is InChI=1S/C21H22O2/c1-14(2)22-17-12-20-18(16-8-6-5-7-9-16)10-11-19(20)21(13-17)23-15(3)4/h5-10,12-15H,1-4H3. The van der Waals surface area contributed by atoms with E-state index in [4.69, 9.17) is 9.47 Å². The largest absolute Gasteiger partial charge is 0.491 e. The van der Waals surface area contributed by atoms with Gasteiger partial charge in [0.1, 0.15) is 11.5 Å². The summed E-state index contributed by atoms with van der Waals surface area (Å²) in [6, 6.07) is 14.4. The second-order valence-corrected chi connectivity index (χ2v) is 6.25. The van der Waals surface area contributed by atoms with E-state index in [1.807, 2.05) is 58.0 Å². The van der Waals surface area contributed by atoms with Crippen molar-refractivity contribution in [1.29, 1.82) is 0 Å². The van der Waals surface area contributed by atoms with Crippen molar-refractivity contribution >= 4 is 11.3 Å². The highest BCUT2D eigenvalue weighted by Crippen LogP contribution is 2.20. The Balaban J connectivity index is 2.21. The smallest absolute Gasteiger partial charge is 0.138 e. The average Bonchev–Trinajstić information content (AvgIpc) is 2.91. The van der Waals surface area contributed by atoms with Gasteiger partial charge in [-0.1, -0.05) is 30.3 Å². The molecule has 0 atom stereocenters. The van der Waals surface area contributed by atoms with Gasteiger partial charge in [-0.15, -0.1) is 5.73 Å². The molecule has 0 heterocycles. The summed E-state index contributed by atoms with van der Waals surface area (Å²) >= 11 is 0. The summed E-state index contributed by atoms with van der Waals surface area (Å²) in [7, 11) is 0. The molecular formula is C21H22O2. The molecule has 2 nitrogen and oxygen atoms in total. The minimum absolute atomic E-state index is 0.107. The first-order valence-electron chi connectivity index (χ1n) is 8.08. The fourth-order valence-corrected chi connectivity index (χ4v) is 2.72. The monoisotopic (exact) mass is 306 g/mol. The molecule has 0 fully saturated rings. The highest BCUT2D eigenvalue weighted by molar-refractivity contribution is 5.79. The minimum Gasteiger partial charge on any atom is -0.491 e. The van der Waals surface area contributed by atoms with Crippen LogP contribution < -0.4 is 19.9 Å². The number of ether oxygens (including phenoxy) is 2. The maximum atomic E-state index is 5.99. The van der Waals surface area contributed by atoms with Gasteiger partial charge >= 0.3 is 0 Å². The normalized spacial score (nSPS) is 12.5. The Kier molecular flexibility index (Phi) is 4.27. The van der Waals surface area contributed by atoms with Gasteiger partial charge in [0.05, 0.1) is 17.4 Å². The van der Waals surface area contributed by atoms with Crippen LogP contribution in [0.3, 0.4) is 0 Å². The SMILES string of the molecule is CC(C)Oc1cc(OC(C)C)c2c(c1)=C(c1ccccc1)C=C=2. The van der Waals surface area contributed by atoms with E-state index in [0.29, 0.717) is 0 Å². The lowest BCUT2D eigenvalue weighted by molar-refractivity contribution is 0.227. The van der Waals surface area contributed by atoms with Crippen LogP contribution in [0.4, 0.5) is 0 Å². The molecule has 3 rings (SSSR count). The summed E-state index contributed by atoms with van der Waals surface area (Å²) in [5, 5.41) is 2.12. The van der Waals surface area contributed by atoms with Crippen LogP contribution in [0, 0.1) is 0 Å². The maximum absolute atomic E-state index is 5.99. The Hall–Kier alpha value is -2.44. The first kappa shape index (κ1) is 15.5. The van der Waals surface area contributed by atoms with E-state index in [0.717, 1.165) is 27.5 Å². The Morgan fingerprint density at radius 2 is 1.57 bits per heavy atom. The molecule has 0 unspecified atom stereocenters. The molecule has 0 N–H and O–H groups in total. The molecular weight excluding hydrogens is 284 g/mol. The molecule has 0 bridgehead atoms. The number of hydrogen-bond donors (Lipinski definition) is 0. The average molecular weight is 306 g/mol. The predicted molar refractivity (Wildman–Crippen MR) is 94.2 cm³/mol. The Labute approximate surface area is 137 Å². The third-order valence-corrected chi connectivity index (χ3v) is 3.55. The Morgan fingerprint density at radius 1 is 0.870 bits per heavy atom. The van der Waals surface area contributed by atoms with Gasteiger partial charge in [0, 0.05) is 11.3 Å². The van der Waals surface area contributed by atoms with E-state index in [2.05, 4.69) is 23.9 Å². The van der Waals surface area contributed by atoms with Gasteiger partial charge in [0.25, 0.3) is 0 Å². The lowest BCUT2D eigenvalue weighted by Gasteiger charge is -2.14. The van der Waals surface area contributed by atoms with Crippen molar-refractivity contribution in [1.82, 2.24) is 0 Å². The quantitative estimate of drug-likeness (QED) is 0.843. The van der Waals surface area contributed by atoms with Crippen molar-refractivity contribution in [3.8, 4) is 11.5 Å². The molecule has 0 aromatic heterocycles. The van der Waals surface area contributed by atoms with E-state index in [-0.39, 0.29) is 12.2 Å². The summed E-state index contributed by atoms with van der Waals surface area (Å²) in [5.74, 6) is 1.66. The first-order valence-corrected chi connectivity index (χ1v) is 8.08. The minimum atomic E-state index is 0.107. The molecule has 118 valence electrons.